The summed E-state index contributed by atoms with van der Waals surface area (Å²) in [4.78, 5) is 14.6. The van der Waals surface area contributed by atoms with Crippen LogP contribution in [0, 0.1) is 10.1 Å². The van der Waals surface area contributed by atoms with Gasteiger partial charge in [-0.1, -0.05) is 6.92 Å². The summed E-state index contributed by atoms with van der Waals surface area (Å²) in [6, 6.07) is 5.08. The lowest BCUT2D eigenvalue weighted by Crippen LogP contribution is -2.17. The van der Waals surface area contributed by atoms with Crippen LogP contribution >= 0.6 is 0 Å². The standard InChI is InChI=1S/C14H18N4O2/c1-2-15-7-3-8-17-13-4-5-14(18(19)20)12-10-16-9-6-11(12)13/h4-6,9-10,15,17H,2-3,7-8H2,1H3. The van der Waals surface area contributed by atoms with Crippen LogP contribution in [0.4, 0.5) is 11.4 Å². The summed E-state index contributed by atoms with van der Waals surface area (Å²) in [7, 11) is 0. The summed E-state index contributed by atoms with van der Waals surface area (Å²) < 4.78 is 0. The first kappa shape index (κ1) is 14.2. The van der Waals surface area contributed by atoms with Gasteiger partial charge in [-0.25, -0.2) is 0 Å². The van der Waals surface area contributed by atoms with Crippen molar-refractivity contribution >= 4 is 22.1 Å². The molecule has 106 valence electrons. The van der Waals surface area contributed by atoms with Crippen LogP contribution in [-0.4, -0.2) is 29.5 Å². The van der Waals surface area contributed by atoms with Gasteiger partial charge in [0.25, 0.3) is 5.69 Å². The molecule has 0 unspecified atom stereocenters. The maximum absolute atomic E-state index is 11.0. The van der Waals surface area contributed by atoms with Gasteiger partial charge in [0.05, 0.1) is 10.3 Å². The predicted molar refractivity (Wildman–Crippen MR) is 80.0 cm³/mol. The molecule has 1 heterocycles. The molecule has 0 aliphatic carbocycles. The third-order valence-corrected chi connectivity index (χ3v) is 3.09. The van der Waals surface area contributed by atoms with Crippen molar-refractivity contribution in [2.24, 2.45) is 0 Å². The van der Waals surface area contributed by atoms with Crippen LogP contribution < -0.4 is 10.6 Å². The Hall–Kier alpha value is -2.21. The van der Waals surface area contributed by atoms with E-state index in [1.807, 2.05) is 0 Å². The molecule has 6 nitrogen and oxygen atoms in total. The van der Waals surface area contributed by atoms with Gasteiger partial charge in [0.1, 0.15) is 0 Å². The van der Waals surface area contributed by atoms with Crippen molar-refractivity contribution in [1.29, 1.82) is 0 Å². The molecule has 0 aliphatic heterocycles. The molecule has 2 aromatic rings. The molecule has 1 aromatic heterocycles. The highest BCUT2D eigenvalue weighted by molar-refractivity contribution is 5.99. The molecule has 2 rings (SSSR count). The maximum Gasteiger partial charge on any atom is 0.278 e. The van der Waals surface area contributed by atoms with E-state index in [1.165, 1.54) is 12.3 Å². The van der Waals surface area contributed by atoms with Crippen molar-refractivity contribution in [3.8, 4) is 0 Å². The minimum atomic E-state index is -0.376. The molecule has 0 atom stereocenters. The normalized spacial score (nSPS) is 10.7. The fraction of sp³-hybridized carbons (Fsp3) is 0.357. The number of rotatable bonds is 7. The van der Waals surface area contributed by atoms with Crippen LogP contribution in [0.3, 0.4) is 0 Å². The van der Waals surface area contributed by atoms with Crippen molar-refractivity contribution < 1.29 is 4.92 Å². The fourth-order valence-corrected chi connectivity index (χ4v) is 2.10. The summed E-state index contributed by atoms with van der Waals surface area (Å²) in [5.41, 5.74) is 0.996. The van der Waals surface area contributed by atoms with E-state index >= 15 is 0 Å². The molecule has 0 radical (unpaired) electrons. The topological polar surface area (TPSA) is 80.1 Å². The minimum Gasteiger partial charge on any atom is -0.384 e. The molecular formula is C14H18N4O2. The minimum absolute atomic E-state index is 0.0892. The van der Waals surface area contributed by atoms with Crippen molar-refractivity contribution in [3.63, 3.8) is 0 Å². The number of pyridine rings is 1. The molecule has 20 heavy (non-hydrogen) atoms. The van der Waals surface area contributed by atoms with Crippen LogP contribution in [-0.2, 0) is 0 Å². The number of nitrogens with one attached hydrogen (secondary N) is 2. The zero-order valence-corrected chi connectivity index (χ0v) is 11.4. The number of anilines is 1. The Kier molecular flexibility index (Phi) is 4.84. The van der Waals surface area contributed by atoms with Crippen LogP contribution in [0.2, 0.25) is 0 Å². The zero-order valence-electron chi connectivity index (χ0n) is 11.4. The number of benzene rings is 1. The van der Waals surface area contributed by atoms with E-state index < -0.39 is 0 Å². The van der Waals surface area contributed by atoms with E-state index in [2.05, 4.69) is 22.5 Å². The first-order valence-electron chi connectivity index (χ1n) is 6.69. The third-order valence-electron chi connectivity index (χ3n) is 3.09. The second-order valence-electron chi connectivity index (χ2n) is 4.44. The Bertz CT molecular complexity index is 601. The van der Waals surface area contributed by atoms with Crippen LogP contribution in [0.25, 0.3) is 10.8 Å². The van der Waals surface area contributed by atoms with Crippen LogP contribution in [0.1, 0.15) is 13.3 Å². The first-order chi connectivity index (χ1) is 9.74. The fourth-order valence-electron chi connectivity index (χ4n) is 2.10. The number of nitro benzene ring substituents is 1. The van der Waals surface area contributed by atoms with E-state index in [0.29, 0.717) is 5.39 Å². The van der Waals surface area contributed by atoms with E-state index in [9.17, 15) is 10.1 Å². The SMILES string of the molecule is CCNCCCNc1ccc([N+](=O)[O-])c2cnccc12. The molecule has 0 spiro atoms. The lowest BCUT2D eigenvalue weighted by atomic mass is 10.1. The van der Waals surface area contributed by atoms with Gasteiger partial charge < -0.3 is 10.6 Å². The summed E-state index contributed by atoms with van der Waals surface area (Å²) in [5, 5.41) is 19.0. The molecule has 2 N–H and O–H groups in total. The highest BCUT2D eigenvalue weighted by atomic mass is 16.6. The molecule has 0 saturated heterocycles. The second kappa shape index (κ2) is 6.81. The average molecular weight is 274 g/mol. The van der Waals surface area contributed by atoms with Gasteiger partial charge >= 0.3 is 0 Å². The van der Waals surface area contributed by atoms with Crippen molar-refractivity contribution in [2.45, 2.75) is 13.3 Å². The number of nitro groups is 1. The van der Waals surface area contributed by atoms with Gasteiger partial charge in [-0.2, -0.15) is 0 Å². The number of aromatic nitrogens is 1. The summed E-state index contributed by atoms with van der Waals surface area (Å²) in [6.07, 6.45) is 4.19. The number of fused-ring (bicyclic) bond motifs is 1. The number of hydrogen-bond donors (Lipinski definition) is 2. The largest absolute Gasteiger partial charge is 0.384 e. The van der Waals surface area contributed by atoms with Crippen molar-refractivity contribution in [3.05, 3.63) is 40.7 Å². The monoisotopic (exact) mass is 274 g/mol. The number of non-ortho nitro benzene ring substituents is 1. The Morgan fingerprint density at radius 2 is 2.10 bits per heavy atom. The molecule has 6 heteroatoms. The molecule has 1 aromatic carbocycles. The first-order valence-corrected chi connectivity index (χ1v) is 6.69. The highest BCUT2D eigenvalue weighted by Gasteiger charge is 2.13. The number of hydrogen-bond acceptors (Lipinski definition) is 5. The van der Waals surface area contributed by atoms with Gasteiger partial charge in [-0.15, -0.1) is 0 Å². The maximum atomic E-state index is 11.0. The summed E-state index contributed by atoms with van der Waals surface area (Å²) >= 11 is 0. The van der Waals surface area contributed by atoms with Gasteiger partial charge in [0.2, 0.25) is 0 Å². The lowest BCUT2D eigenvalue weighted by Gasteiger charge is -2.10. The Labute approximate surface area is 117 Å². The van der Waals surface area contributed by atoms with E-state index in [4.69, 9.17) is 0 Å². The Morgan fingerprint density at radius 3 is 2.85 bits per heavy atom. The second-order valence-corrected chi connectivity index (χ2v) is 4.44. The molecule has 0 saturated carbocycles. The highest BCUT2D eigenvalue weighted by Crippen LogP contribution is 2.30. The third kappa shape index (κ3) is 3.21. The average Bonchev–Trinajstić information content (AvgIpc) is 2.46. The van der Waals surface area contributed by atoms with Gasteiger partial charge in [0.15, 0.2) is 0 Å². The molecular weight excluding hydrogens is 256 g/mol. The predicted octanol–water partition coefficient (Wildman–Crippen LogP) is 2.55. The quantitative estimate of drug-likeness (QED) is 0.461. The molecule has 0 amide bonds. The van der Waals surface area contributed by atoms with Crippen LogP contribution in [0.15, 0.2) is 30.6 Å². The summed E-state index contributed by atoms with van der Waals surface area (Å²) in [5.74, 6) is 0. The van der Waals surface area contributed by atoms with E-state index in [-0.39, 0.29) is 10.6 Å². The van der Waals surface area contributed by atoms with Crippen LogP contribution in [0.5, 0.6) is 0 Å². The van der Waals surface area contributed by atoms with Gasteiger partial charge in [-0.3, -0.25) is 15.1 Å². The van der Waals surface area contributed by atoms with Gasteiger partial charge in [0, 0.05) is 36.1 Å². The van der Waals surface area contributed by atoms with Crippen molar-refractivity contribution in [1.82, 2.24) is 10.3 Å². The van der Waals surface area contributed by atoms with Crippen molar-refractivity contribution in [2.75, 3.05) is 25.0 Å². The Morgan fingerprint density at radius 1 is 1.25 bits per heavy atom. The number of nitrogens with zero attached hydrogens (tertiary/aromatic N) is 2. The zero-order chi connectivity index (χ0) is 14.4. The molecule has 0 aliphatic rings. The van der Waals surface area contributed by atoms with E-state index in [1.54, 1.807) is 18.3 Å². The summed E-state index contributed by atoms with van der Waals surface area (Å²) in [6.45, 7) is 4.81. The smallest absolute Gasteiger partial charge is 0.278 e. The van der Waals surface area contributed by atoms with E-state index in [0.717, 1.165) is 37.1 Å². The Balaban J connectivity index is 2.18. The lowest BCUT2D eigenvalue weighted by molar-refractivity contribution is -0.383. The molecule has 0 fully saturated rings. The van der Waals surface area contributed by atoms with Gasteiger partial charge in [-0.05, 0) is 31.6 Å². The molecule has 0 bridgehead atoms.